The molecule has 0 radical (unpaired) electrons. The fraction of sp³-hybridized carbons (Fsp3) is 0.375. The zero-order valence-electron chi connectivity index (χ0n) is 6.98. The number of hydrogen-bond acceptors (Lipinski definition) is 4. The molecule has 2 aromatic rings. The molecule has 2 aromatic heterocycles. The lowest BCUT2D eigenvalue weighted by molar-refractivity contribution is 0.417. The van der Waals surface area contributed by atoms with Crippen LogP contribution in [0.1, 0.15) is 25.5 Å². The second kappa shape index (κ2) is 2.55. The Balaban J connectivity index is 2.60. The van der Waals surface area contributed by atoms with Gasteiger partial charge in [-0.3, -0.25) is 0 Å². The minimum atomic E-state index is 0.402. The highest BCUT2D eigenvalue weighted by molar-refractivity contribution is 5.66. The summed E-state index contributed by atoms with van der Waals surface area (Å²) in [5.74, 6) is 0.402. The van der Waals surface area contributed by atoms with E-state index < -0.39 is 0 Å². The van der Waals surface area contributed by atoms with Crippen LogP contribution in [0.2, 0.25) is 0 Å². The minimum Gasteiger partial charge on any atom is -0.316 e. The Morgan fingerprint density at radius 1 is 1.33 bits per heavy atom. The summed E-state index contributed by atoms with van der Waals surface area (Å²) in [6.07, 6.45) is 0. The van der Waals surface area contributed by atoms with Crippen LogP contribution in [0, 0.1) is 0 Å². The molecule has 4 heteroatoms. The highest BCUT2D eigenvalue weighted by Crippen LogP contribution is 2.14. The van der Waals surface area contributed by atoms with E-state index in [9.17, 15) is 0 Å². The topological polar surface area (TPSA) is 51.8 Å². The van der Waals surface area contributed by atoms with Crippen LogP contribution in [0.25, 0.3) is 11.2 Å². The Morgan fingerprint density at radius 3 is 2.92 bits per heavy atom. The average Bonchev–Trinajstić information content (AvgIpc) is 2.49. The Bertz CT molecular complexity index is 394. The van der Waals surface area contributed by atoms with E-state index in [1.807, 2.05) is 12.1 Å². The SMILES string of the molecule is CC(C)c1ccc2nnoc2n1. The molecule has 0 fully saturated rings. The molecule has 0 N–H and O–H groups in total. The molecule has 0 aliphatic heterocycles. The van der Waals surface area contributed by atoms with Crippen LogP contribution in [0.4, 0.5) is 0 Å². The first-order valence-corrected chi connectivity index (χ1v) is 3.86. The monoisotopic (exact) mass is 163 g/mol. The first-order chi connectivity index (χ1) is 5.77. The van der Waals surface area contributed by atoms with Crippen molar-refractivity contribution in [2.45, 2.75) is 19.8 Å². The molecular weight excluding hydrogens is 154 g/mol. The van der Waals surface area contributed by atoms with Crippen molar-refractivity contribution in [3.05, 3.63) is 17.8 Å². The van der Waals surface area contributed by atoms with Crippen LogP contribution in [0.3, 0.4) is 0 Å². The molecule has 0 aliphatic rings. The molecule has 0 unspecified atom stereocenters. The van der Waals surface area contributed by atoms with Gasteiger partial charge in [-0.15, -0.1) is 5.10 Å². The summed E-state index contributed by atoms with van der Waals surface area (Å²) < 4.78 is 4.84. The number of rotatable bonds is 1. The summed E-state index contributed by atoms with van der Waals surface area (Å²) >= 11 is 0. The zero-order valence-corrected chi connectivity index (χ0v) is 6.98. The van der Waals surface area contributed by atoms with Gasteiger partial charge in [0.05, 0.1) is 0 Å². The molecule has 2 heterocycles. The lowest BCUT2D eigenvalue weighted by Crippen LogP contribution is -1.90. The Hall–Kier alpha value is -1.45. The van der Waals surface area contributed by atoms with Crippen molar-refractivity contribution < 1.29 is 4.52 Å². The lowest BCUT2D eigenvalue weighted by atomic mass is 10.1. The average molecular weight is 163 g/mol. The van der Waals surface area contributed by atoms with Crippen molar-refractivity contribution in [2.75, 3.05) is 0 Å². The highest BCUT2D eigenvalue weighted by Gasteiger charge is 2.05. The van der Waals surface area contributed by atoms with Crippen LogP contribution in [-0.4, -0.2) is 15.4 Å². The lowest BCUT2D eigenvalue weighted by Gasteiger charge is -2.00. The number of nitrogens with zero attached hydrogens (tertiary/aromatic N) is 3. The van der Waals surface area contributed by atoms with Crippen LogP contribution in [0.15, 0.2) is 16.7 Å². The Labute approximate surface area is 69.6 Å². The van der Waals surface area contributed by atoms with E-state index in [4.69, 9.17) is 4.52 Å². The smallest absolute Gasteiger partial charge is 0.278 e. The van der Waals surface area contributed by atoms with Crippen LogP contribution >= 0.6 is 0 Å². The van der Waals surface area contributed by atoms with Gasteiger partial charge < -0.3 is 4.52 Å². The highest BCUT2D eigenvalue weighted by atomic mass is 16.5. The molecule has 0 saturated carbocycles. The third-order valence-electron chi connectivity index (χ3n) is 1.73. The fourth-order valence-electron chi connectivity index (χ4n) is 1.02. The normalized spacial score (nSPS) is 11.2. The standard InChI is InChI=1S/C8H9N3O/c1-5(2)6-3-4-7-8(9-6)12-11-10-7/h3-5H,1-2H3. The number of pyridine rings is 1. The largest absolute Gasteiger partial charge is 0.316 e. The Kier molecular flexibility index (Phi) is 1.53. The maximum absolute atomic E-state index is 4.84. The van der Waals surface area contributed by atoms with E-state index in [-0.39, 0.29) is 0 Å². The Morgan fingerprint density at radius 2 is 2.17 bits per heavy atom. The molecule has 12 heavy (non-hydrogen) atoms. The van der Waals surface area contributed by atoms with E-state index in [2.05, 4.69) is 29.2 Å². The van der Waals surface area contributed by atoms with Gasteiger partial charge in [0, 0.05) is 11.0 Å². The number of aromatic nitrogens is 3. The van der Waals surface area contributed by atoms with Crippen molar-refractivity contribution >= 4 is 11.2 Å². The molecule has 2 rings (SSSR count). The molecule has 0 aromatic carbocycles. The second-order valence-corrected chi connectivity index (χ2v) is 2.99. The van der Waals surface area contributed by atoms with Gasteiger partial charge in [-0.1, -0.05) is 13.8 Å². The predicted molar refractivity (Wildman–Crippen MR) is 43.7 cm³/mol. The minimum absolute atomic E-state index is 0.402. The number of fused-ring (bicyclic) bond motifs is 1. The third kappa shape index (κ3) is 1.05. The molecule has 0 spiro atoms. The molecule has 62 valence electrons. The maximum atomic E-state index is 4.84. The summed E-state index contributed by atoms with van der Waals surface area (Å²) in [7, 11) is 0. The molecule has 4 nitrogen and oxygen atoms in total. The van der Waals surface area contributed by atoms with E-state index in [1.54, 1.807) is 0 Å². The number of hydrogen-bond donors (Lipinski definition) is 0. The van der Waals surface area contributed by atoms with Crippen LogP contribution in [0.5, 0.6) is 0 Å². The van der Waals surface area contributed by atoms with Crippen molar-refractivity contribution in [1.29, 1.82) is 0 Å². The van der Waals surface area contributed by atoms with Gasteiger partial charge in [0.2, 0.25) is 0 Å². The van der Waals surface area contributed by atoms with Crippen LogP contribution in [-0.2, 0) is 0 Å². The van der Waals surface area contributed by atoms with Gasteiger partial charge in [-0.25, -0.2) is 4.98 Å². The van der Waals surface area contributed by atoms with Gasteiger partial charge >= 0.3 is 0 Å². The summed E-state index contributed by atoms with van der Waals surface area (Å²) in [5, 5.41) is 7.15. The van der Waals surface area contributed by atoms with Gasteiger partial charge in [0.25, 0.3) is 5.71 Å². The van der Waals surface area contributed by atoms with Crippen molar-refractivity contribution in [3.8, 4) is 0 Å². The molecular formula is C8H9N3O. The van der Waals surface area contributed by atoms with Gasteiger partial charge in [0.15, 0.2) is 5.52 Å². The molecule has 0 atom stereocenters. The predicted octanol–water partition coefficient (Wildman–Crippen LogP) is 1.74. The summed E-state index contributed by atoms with van der Waals surface area (Å²) in [5.41, 5.74) is 2.22. The van der Waals surface area contributed by atoms with E-state index in [0.717, 1.165) is 5.69 Å². The first kappa shape index (κ1) is 7.21. The summed E-state index contributed by atoms with van der Waals surface area (Å²) in [6.45, 7) is 4.16. The van der Waals surface area contributed by atoms with Gasteiger partial charge in [-0.2, -0.15) is 0 Å². The van der Waals surface area contributed by atoms with Gasteiger partial charge in [0.1, 0.15) is 0 Å². The second-order valence-electron chi connectivity index (χ2n) is 2.99. The molecule has 0 amide bonds. The molecule has 0 saturated heterocycles. The summed E-state index contributed by atoms with van der Waals surface area (Å²) in [4.78, 5) is 4.24. The molecule has 0 bridgehead atoms. The van der Waals surface area contributed by atoms with E-state index in [1.165, 1.54) is 0 Å². The van der Waals surface area contributed by atoms with Crippen LogP contribution < -0.4 is 0 Å². The van der Waals surface area contributed by atoms with Crippen molar-refractivity contribution in [3.63, 3.8) is 0 Å². The van der Waals surface area contributed by atoms with Crippen molar-refractivity contribution in [2.24, 2.45) is 0 Å². The van der Waals surface area contributed by atoms with E-state index in [0.29, 0.717) is 17.1 Å². The zero-order chi connectivity index (χ0) is 8.55. The quantitative estimate of drug-likeness (QED) is 0.642. The first-order valence-electron chi connectivity index (χ1n) is 3.86. The van der Waals surface area contributed by atoms with Gasteiger partial charge in [-0.05, 0) is 18.1 Å². The summed E-state index contributed by atoms with van der Waals surface area (Å²) in [6, 6.07) is 3.81. The van der Waals surface area contributed by atoms with E-state index >= 15 is 0 Å². The fourth-order valence-corrected chi connectivity index (χ4v) is 1.02. The molecule has 0 aliphatic carbocycles. The maximum Gasteiger partial charge on any atom is 0.278 e. The third-order valence-corrected chi connectivity index (χ3v) is 1.73. The van der Waals surface area contributed by atoms with Crippen molar-refractivity contribution in [1.82, 2.24) is 15.4 Å².